The summed E-state index contributed by atoms with van der Waals surface area (Å²) in [7, 11) is 0. The first-order chi connectivity index (χ1) is 7.77. The maximum atomic E-state index is 13.0. The molecule has 1 rings (SSSR count). The summed E-state index contributed by atoms with van der Waals surface area (Å²) >= 11 is 0. The summed E-state index contributed by atoms with van der Waals surface area (Å²) in [4.78, 5) is 0. The maximum Gasteiger partial charge on any atom is 0.416 e. The van der Waals surface area contributed by atoms with Crippen LogP contribution in [0.1, 0.15) is 37.4 Å². The van der Waals surface area contributed by atoms with Crippen LogP contribution in [0.15, 0.2) is 18.2 Å². The van der Waals surface area contributed by atoms with E-state index in [0.717, 1.165) is 18.2 Å². The zero-order chi connectivity index (χ0) is 13.2. The van der Waals surface area contributed by atoms with Gasteiger partial charge in [0.15, 0.2) is 0 Å². The van der Waals surface area contributed by atoms with Crippen molar-refractivity contribution in [2.75, 3.05) is 0 Å². The first kappa shape index (κ1) is 14.0. The molecule has 96 valence electrons. The highest BCUT2D eigenvalue weighted by Crippen LogP contribution is 2.36. The standard InChI is InChI=1S/C12H15F4N/c1-3-7(2)11(17)9-6-8(13)4-5-10(9)12(14,15)16/h4-7,11H,3,17H2,1-2H3/t7?,11-/m0/s1. The molecule has 0 heterocycles. The Hall–Kier alpha value is -1.10. The Balaban J connectivity index is 3.25. The summed E-state index contributed by atoms with van der Waals surface area (Å²) in [6.07, 6.45) is -3.87. The van der Waals surface area contributed by atoms with Gasteiger partial charge in [0.2, 0.25) is 0 Å². The lowest BCUT2D eigenvalue weighted by molar-refractivity contribution is -0.138. The van der Waals surface area contributed by atoms with Crippen molar-refractivity contribution in [2.45, 2.75) is 32.5 Å². The predicted molar refractivity (Wildman–Crippen MR) is 57.8 cm³/mol. The average Bonchev–Trinajstić information content (AvgIpc) is 2.25. The summed E-state index contributed by atoms with van der Waals surface area (Å²) in [6, 6.07) is 1.61. The van der Waals surface area contributed by atoms with Crippen LogP contribution in [-0.2, 0) is 6.18 Å². The third-order valence-electron chi connectivity index (χ3n) is 2.94. The van der Waals surface area contributed by atoms with Crippen molar-refractivity contribution >= 4 is 0 Å². The highest BCUT2D eigenvalue weighted by molar-refractivity contribution is 5.33. The van der Waals surface area contributed by atoms with E-state index in [4.69, 9.17) is 5.73 Å². The van der Waals surface area contributed by atoms with Gasteiger partial charge in [-0.3, -0.25) is 0 Å². The van der Waals surface area contributed by atoms with Crippen molar-refractivity contribution in [1.82, 2.24) is 0 Å². The lowest BCUT2D eigenvalue weighted by Gasteiger charge is -2.22. The van der Waals surface area contributed by atoms with Crippen molar-refractivity contribution in [3.8, 4) is 0 Å². The Morgan fingerprint density at radius 3 is 2.35 bits per heavy atom. The summed E-state index contributed by atoms with van der Waals surface area (Å²) < 4.78 is 51.2. The Bertz CT molecular complexity index is 387. The van der Waals surface area contributed by atoms with Gasteiger partial charge in [-0.15, -0.1) is 0 Å². The van der Waals surface area contributed by atoms with Gasteiger partial charge in [0.25, 0.3) is 0 Å². The summed E-state index contributed by atoms with van der Waals surface area (Å²) in [6.45, 7) is 3.58. The third kappa shape index (κ3) is 3.19. The van der Waals surface area contributed by atoms with Crippen molar-refractivity contribution < 1.29 is 17.6 Å². The highest BCUT2D eigenvalue weighted by atomic mass is 19.4. The van der Waals surface area contributed by atoms with Gasteiger partial charge in [0, 0.05) is 6.04 Å². The van der Waals surface area contributed by atoms with E-state index in [2.05, 4.69) is 0 Å². The molecule has 0 radical (unpaired) electrons. The minimum atomic E-state index is -4.51. The summed E-state index contributed by atoms with van der Waals surface area (Å²) in [5.74, 6) is -0.843. The Morgan fingerprint density at radius 2 is 1.88 bits per heavy atom. The Kier molecular flexibility index (Phi) is 4.14. The lowest BCUT2D eigenvalue weighted by atomic mass is 9.90. The number of halogens is 4. The molecular formula is C12H15F4N. The molecule has 0 spiro atoms. The van der Waals surface area contributed by atoms with E-state index in [1.165, 1.54) is 0 Å². The van der Waals surface area contributed by atoms with Crippen LogP contribution in [0.2, 0.25) is 0 Å². The number of alkyl halides is 3. The van der Waals surface area contributed by atoms with Crippen molar-refractivity contribution in [3.05, 3.63) is 35.1 Å². The van der Waals surface area contributed by atoms with Crippen LogP contribution in [0.25, 0.3) is 0 Å². The lowest BCUT2D eigenvalue weighted by Crippen LogP contribution is -2.23. The molecule has 1 aromatic rings. The molecule has 0 fully saturated rings. The van der Waals surface area contributed by atoms with E-state index in [9.17, 15) is 17.6 Å². The molecule has 17 heavy (non-hydrogen) atoms. The van der Waals surface area contributed by atoms with Gasteiger partial charge in [0.1, 0.15) is 5.82 Å². The molecule has 0 bridgehead atoms. The maximum absolute atomic E-state index is 13.0. The number of benzene rings is 1. The van der Waals surface area contributed by atoms with Crippen LogP contribution < -0.4 is 5.73 Å². The normalized spacial score (nSPS) is 15.7. The smallest absolute Gasteiger partial charge is 0.324 e. The van der Waals surface area contributed by atoms with Crippen LogP contribution in [0.4, 0.5) is 17.6 Å². The number of rotatable bonds is 3. The van der Waals surface area contributed by atoms with Gasteiger partial charge in [-0.2, -0.15) is 13.2 Å². The second-order valence-electron chi connectivity index (χ2n) is 4.14. The number of hydrogen-bond acceptors (Lipinski definition) is 1. The van der Waals surface area contributed by atoms with Crippen LogP contribution in [-0.4, -0.2) is 0 Å². The van der Waals surface area contributed by atoms with Crippen LogP contribution in [0, 0.1) is 11.7 Å². The van der Waals surface area contributed by atoms with Crippen LogP contribution in [0.5, 0.6) is 0 Å². The molecule has 2 atom stereocenters. The van der Waals surface area contributed by atoms with E-state index in [1.54, 1.807) is 6.92 Å². The zero-order valence-corrected chi connectivity index (χ0v) is 9.68. The molecular weight excluding hydrogens is 234 g/mol. The van der Waals surface area contributed by atoms with Gasteiger partial charge in [-0.25, -0.2) is 4.39 Å². The SMILES string of the molecule is CCC(C)[C@H](N)c1cc(F)ccc1C(F)(F)F. The van der Waals surface area contributed by atoms with Gasteiger partial charge >= 0.3 is 6.18 Å². The molecule has 1 nitrogen and oxygen atoms in total. The van der Waals surface area contributed by atoms with Crippen molar-refractivity contribution in [3.63, 3.8) is 0 Å². The average molecular weight is 249 g/mol. The summed E-state index contributed by atoms with van der Waals surface area (Å²) in [5, 5.41) is 0. The fraction of sp³-hybridized carbons (Fsp3) is 0.500. The van der Waals surface area contributed by atoms with E-state index in [-0.39, 0.29) is 11.5 Å². The van der Waals surface area contributed by atoms with Gasteiger partial charge in [0.05, 0.1) is 5.56 Å². The fourth-order valence-electron chi connectivity index (χ4n) is 1.63. The Labute approximate surface area is 97.6 Å². The summed E-state index contributed by atoms with van der Waals surface area (Å²) in [5.41, 5.74) is 4.72. The molecule has 0 aliphatic heterocycles. The topological polar surface area (TPSA) is 26.0 Å². The molecule has 1 aromatic carbocycles. The van der Waals surface area contributed by atoms with Crippen molar-refractivity contribution in [2.24, 2.45) is 11.7 Å². The minimum absolute atomic E-state index is 0.141. The largest absolute Gasteiger partial charge is 0.416 e. The van der Waals surface area contributed by atoms with E-state index >= 15 is 0 Å². The minimum Gasteiger partial charge on any atom is -0.324 e. The second-order valence-corrected chi connectivity index (χ2v) is 4.14. The Morgan fingerprint density at radius 1 is 1.29 bits per heavy atom. The van der Waals surface area contributed by atoms with Gasteiger partial charge in [-0.1, -0.05) is 20.3 Å². The predicted octanol–water partition coefficient (Wildman–Crippen LogP) is 3.89. The molecule has 0 aromatic heterocycles. The highest BCUT2D eigenvalue weighted by Gasteiger charge is 2.35. The van der Waals surface area contributed by atoms with E-state index < -0.39 is 23.6 Å². The molecule has 1 unspecified atom stereocenters. The first-order valence-electron chi connectivity index (χ1n) is 5.39. The first-order valence-corrected chi connectivity index (χ1v) is 5.39. The molecule has 0 aliphatic rings. The van der Waals surface area contributed by atoms with Crippen LogP contribution in [0.3, 0.4) is 0 Å². The van der Waals surface area contributed by atoms with Crippen molar-refractivity contribution in [1.29, 1.82) is 0 Å². The molecule has 2 N–H and O–H groups in total. The zero-order valence-electron chi connectivity index (χ0n) is 9.68. The second kappa shape index (κ2) is 5.04. The van der Waals surface area contributed by atoms with E-state index in [1.807, 2.05) is 6.92 Å². The van der Waals surface area contributed by atoms with Crippen LogP contribution >= 0.6 is 0 Å². The fourth-order valence-corrected chi connectivity index (χ4v) is 1.63. The number of hydrogen-bond donors (Lipinski definition) is 1. The third-order valence-corrected chi connectivity index (χ3v) is 2.94. The molecule has 0 saturated carbocycles. The molecule has 0 aliphatic carbocycles. The molecule has 0 saturated heterocycles. The van der Waals surface area contributed by atoms with Gasteiger partial charge < -0.3 is 5.73 Å². The van der Waals surface area contributed by atoms with E-state index in [0.29, 0.717) is 6.42 Å². The monoisotopic (exact) mass is 249 g/mol. The molecule has 0 amide bonds. The quantitative estimate of drug-likeness (QED) is 0.808. The van der Waals surface area contributed by atoms with Gasteiger partial charge in [-0.05, 0) is 29.7 Å². The number of nitrogens with two attached hydrogens (primary N) is 1. The molecule has 5 heteroatoms.